The summed E-state index contributed by atoms with van der Waals surface area (Å²) in [5.74, 6) is 3.08. The quantitative estimate of drug-likeness (QED) is 0.595. The second kappa shape index (κ2) is 9.18. The van der Waals surface area contributed by atoms with Gasteiger partial charge in [0.1, 0.15) is 5.82 Å². The lowest BCUT2D eigenvalue weighted by Crippen LogP contribution is -2.33. The van der Waals surface area contributed by atoms with Crippen molar-refractivity contribution >= 4 is 5.82 Å². The molecule has 1 saturated heterocycles. The van der Waals surface area contributed by atoms with E-state index in [-0.39, 0.29) is 0 Å². The van der Waals surface area contributed by atoms with Crippen molar-refractivity contribution in [1.82, 2.24) is 20.0 Å². The van der Waals surface area contributed by atoms with Gasteiger partial charge < -0.3 is 9.42 Å². The first-order chi connectivity index (χ1) is 14.2. The van der Waals surface area contributed by atoms with Crippen LogP contribution in [-0.2, 0) is 13.1 Å². The van der Waals surface area contributed by atoms with Gasteiger partial charge in [-0.3, -0.25) is 4.90 Å². The highest BCUT2D eigenvalue weighted by atomic mass is 16.5. The van der Waals surface area contributed by atoms with Crippen LogP contribution in [0.5, 0.6) is 0 Å². The molecule has 6 heteroatoms. The van der Waals surface area contributed by atoms with Crippen LogP contribution in [0.4, 0.5) is 5.82 Å². The van der Waals surface area contributed by atoms with E-state index in [1.54, 1.807) is 0 Å². The van der Waals surface area contributed by atoms with Crippen LogP contribution < -0.4 is 4.90 Å². The van der Waals surface area contributed by atoms with E-state index in [0.717, 1.165) is 43.5 Å². The summed E-state index contributed by atoms with van der Waals surface area (Å²) in [6.07, 6.45) is 4.31. The van der Waals surface area contributed by atoms with Crippen LogP contribution in [0.25, 0.3) is 11.4 Å². The van der Waals surface area contributed by atoms with Crippen LogP contribution in [0, 0.1) is 5.92 Å². The molecule has 2 aromatic heterocycles. The topological polar surface area (TPSA) is 58.3 Å². The Hall–Kier alpha value is -2.73. The van der Waals surface area contributed by atoms with Crippen molar-refractivity contribution in [3.05, 3.63) is 60.1 Å². The highest BCUT2D eigenvalue weighted by Crippen LogP contribution is 2.23. The number of piperidine rings is 1. The molecule has 3 aromatic rings. The van der Waals surface area contributed by atoms with Gasteiger partial charge in [0.2, 0.25) is 11.7 Å². The molecule has 0 unspecified atom stereocenters. The molecule has 0 amide bonds. The molecule has 1 fully saturated rings. The lowest BCUT2D eigenvalue weighted by atomic mass is 9.99. The molecule has 152 valence electrons. The highest BCUT2D eigenvalue weighted by molar-refractivity contribution is 5.55. The van der Waals surface area contributed by atoms with Crippen LogP contribution in [0.3, 0.4) is 0 Å². The average molecular weight is 392 g/mol. The molecule has 0 radical (unpaired) electrons. The Balaban J connectivity index is 1.39. The van der Waals surface area contributed by atoms with Gasteiger partial charge in [0.25, 0.3) is 0 Å². The summed E-state index contributed by atoms with van der Waals surface area (Å²) < 4.78 is 5.51. The maximum Gasteiger partial charge on any atom is 0.241 e. The number of pyridine rings is 1. The summed E-state index contributed by atoms with van der Waals surface area (Å²) in [4.78, 5) is 13.9. The molecular weight excluding hydrogens is 362 g/mol. The minimum absolute atomic E-state index is 0.599. The van der Waals surface area contributed by atoms with Gasteiger partial charge in [-0.1, -0.05) is 49.3 Å². The lowest BCUT2D eigenvalue weighted by Gasteiger charge is -2.31. The summed E-state index contributed by atoms with van der Waals surface area (Å²) >= 11 is 0. The zero-order valence-corrected chi connectivity index (χ0v) is 17.3. The molecule has 1 aliphatic heterocycles. The van der Waals surface area contributed by atoms with Gasteiger partial charge in [-0.05, 0) is 43.0 Å². The number of benzene rings is 1. The van der Waals surface area contributed by atoms with Crippen molar-refractivity contribution in [3.63, 3.8) is 0 Å². The van der Waals surface area contributed by atoms with E-state index in [1.807, 2.05) is 18.3 Å². The van der Waals surface area contributed by atoms with Gasteiger partial charge in [0.05, 0.1) is 6.54 Å². The zero-order chi connectivity index (χ0) is 20.1. The first-order valence-corrected chi connectivity index (χ1v) is 10.5. The molecular formula is C23H29N5O. The van der Waals surface area contributed by atoms with E-state index in [9.17, 15) is 0 Å². The third-order valence-electron chi connectivity index (χ3n) is 5.64. The number of rotatable bonds is 7. The Kier molecular flexibility index (Phi) is 6.20. The summed E-state index contributed by atoms with van der Waals surface area (Å²) in [6.45, 7) is 9.03. The van der Waals surface area contributed by atoms with E-state index in [1.165, 1.54) is 18.4 Å². The standard InChI is InChI=1S/C23H29N5O/c1-3-27(16-19-7-5-4-6-8-19)17-22-25-23(26-29-22)20-9-10-21(24-15-20)28-13-11-18(2)12-14-28/h4-10,15,18H,3,11-14,16-17H2,1-2H3. The second-order valence-corrected chi connectivity index (χ2v) is 7.88. The van der Waals surface area contributed by atoms with E-state index in [0.29, 0.717) is 18.3 Å². The Labute approximate surface area is 172 Å². The van der Waals surface area contributed by atoms with Crippen molar-refractivity contribution in [3.8, 4) is 11.4 Å². The number of nitrogens with zero attached hydrogens (tertiary/aromatic N) is 5. The molecule has 0 atom stereocenters. The van der Waals surface area contributed by atoms with Crippen LogP contribution in [-0.4, -0.2) is 39.7 Å². The van der Waals surface area contributed by atoms with Crippen molar-refractivity contribution in [2.75, 3.05) is 24.5 Å². The third-order valence-corrected chi connectivity index (χ3v) is 5.64. The maximum atomic E-state index is 5.51. The fraction of sp³-hybridized carbons (Fsp3) is 0.435. The predicted molar refractivity (Wildman–Crippen MR) is 114 cm³/mol. The van der Waals surface area contributed by atoms with Crippen LogP contribution in [0.2, 0.25) is 0 Å². The van der Waals surface area contributed by atoms with Crippen LogP contribution >= 0.6 is 0 Å². The van der Waals surface area contributed by atoms with E-state index >= 15 is 0 Å². The van der Waals surface area contributed by atoms with Gasteiger partial charge in [-0.2, -0.15) is 4.98 Å². The summed E-state index contributed by atoms with van der Waals surface area (Å²) in [6, 6.07) is 14.5. The van der Waals surface area contributed by atoms with Crippen LogP contribution in [0.15, 0.2) is 53.2 Å². The Morgan fingerprint density at radius 3 is 2.55 bits per heavy atom. The zero-order valence-electron chi connectivity index (χ0n) is 17.3. The number of hydrogen-bond donors (Lipinski definition) is 0. The van der Waals surface area contributed by atoms with E-state index in [4.69, 9.17) is 4.52 Å². The second-order valence-electron chi connectivity index (χ2n) is 7.88. The number of aromatic nitrogens is 3. The molecule has 0 bridgehead atoms. The monoisotopic (exact) mass is 391 g/mol. The smallest absolute Gasteiger partial charge is 0.241 e. The predicted octanol–water partition coefficient (Wildman–Crippen LogP) is 4.39. The van der Waals surface area contributed by atoms with Crippen molar-refractivity contribution in [2.45, 2.75) is 39.8 Å². The highest BCUT2D eigenvalue weighted by Gasteiger charge is 2.18. The first-order valence-electron chi connectivity index (χ1n) is 10.5. The Morgan fingerprint density at radius 2 is 1.86 bits per heavy atom. The van der Waals surface area contributed by atoms with Crippen molar-refractivity contribution in [1.29, 1.82) is 0 Å². The SMILES string of the molecule is CCN(Cc1ccccc1)Cc1nc(-c2ccc(N3CCC(C)CC3)nc2)no1. The van der Waals surface area contributed by atoms with Gasteiger partial charge in [0, 0.05) is 31.4 Å². The van der Waals surface area contributed by atoms with E-state index in [2.05, 4.69) is 69.1 Å². The first kappa shape index (κ1) is 19.6. The largest absolute Gasteiger partial charge is 0.357 e. The molecule has 0 saturated carbocycles. The minimum atomic E-state index is 0.599. The Morgan fingerprint density at radius 1 is 1.07 bits per heavy atom. The number of anilines is 1. The minimum Gasteiger partial charge on any atom is -0.357 e. The molecule has 0 spiro atoms. The fourth-order valence-corrected chi connectivity index (χ4v) is 3.69. The summed E-state index contributed by atoms with van der Waals surface area (Å²) in [5, 5.41) is 4.17. The molecule has 1 aliphatic rings. The molecule has 0 aliphatic carbocycles. The average Bonchev–Trinajstić information content (AvgIpc) is 3.23. The normalized spacial score (nSPS) is 15.2. The van der Waals surface area contributed by atoms with Gasteiger partial charge >= 0.3 is 0 Å². The van der Waals surface area contributed by atoms with Crippen molar-refractivity contribution in [2.24, 2.45) is 5.92 Å². The molecule has 0 N–H and O–H groups in total. The van der Waals surface area contributed by atoms with E-state index < -0.39 is 0 Å². The van der Waals surface area contributed by atoms with Gasteiger partial charge in [-0.25, -0.2) is 4.98 Å². The fourth-order valence-electron chi connectivity index (χ4n) is 3.69. The summed E-state index contributed by atoms with van der Waals surface area (Å²) in [7, 11) is 0. The lowest BCUT2D eigenvalue weighted by molar-refractivity contribution is 0.229. The number of hydrogen-bond acceptors (Lipinski definition) is 6. The maximum absolute atomic E-state index is 5.51. The summed E-state index contributed by atoms with van der Waals surface area (Å²) in [5.41, 5.74) is 2.17. The molecule has 4 rings (SSSR count). The molecule has 6 nitrogen and oxygen atoms in total. The molecule has 3 heterocycles. The van der Waals surface area contributed by atoms with Gasteiger partial charge in [0.15, 0.2) is 0 Å². The molecule has 29 heavy (non-hydrogen) atoms. The van der Waals surface area contributed by atoms with Crippen LogP contribution in [0.1, 0.15) is 38.1 Å². The third kappa shape index (κ3) is 5.01. The van der Waals surface area contributed by atoms with Gasteiger partial charge in [-0.15, -0.1) is 0 Å². The van der Waals surface area contributed by atoms with Crippen molar-refractivity contribution < 1.29 is 4.52 Å². The Bertz CT molecular complexity index is 885. The molecule has 1 aromatic carbocycles.